The van der Waals surface area contributed by atoms with Crippen LogP contribution in [0, 0.1) is 6.92 Å². The van der Waals surface area contributed by atoms with Crippen molar-refractivity contribution >= 4 is 17.3 Å². The molecule has 0 atom stereocenters. The lowest BCUT2D eigenvalue weighted by molar-refractivity contribution is 0.101. The maximum absolute atomic E-state index is 12.0. The predicted molar refractivity (Wildman–Crippen MR) is 102 cm³/mol. The Kier molecular flexibility index (Phi) is 6.24. The van der Waals surface area contributed by atoms with Crippen LogP contribution in [0.25, 0.3) is 0 Å². The van der Waals surface area contributed by atoms with Crippen molar-refractivity contribution in [3.63, 3.8) is 0 Å². The third-order valence-electron chi connectivity index (χ3n) is 3.67. The molecule has 25 heavy (non-hydrogen) atoms. The molecule has 3 rings (SSSR count). The van der Waals surface area contributed by atoms with Crippen molar-refractivity contribution in [2.24, 2.45) is 0 Å². The van der Waals surface area contributed by atoms with Crippen LogP contribution in [0.5, 0.6) is 0 Å². The average molecular weight is 331 g/mol. The fraction of sp³-hybridized carbons (Fsp3) is 0.0909. The number of rotatable bonds is 3. The molecule has 0 spiro atoms. The summed E-state index contributed by atoms with van der Waals surface area (Å²) in [5.74, 6) is 0.149. The molecule has 0 saturated carbocycles. The molecule has 0 fully saturated rings. The Morgan fingerprint density at radius 1 is 0.680 bits per heavy atom. The van der Waals surface area contributed by atoms with Crippen LogP contribution in [-0.2, 0) is 0 Å². The summed E-state index contributed by atoms with van der Waals surface area (Å²) in [6.07, 6.45) is 0. The van der Waals surface area contributed by atoms with E-state index in [0.29, 0.717) is 11.3 Å². The van der Waals surface area contributed by atoms with E-state index in [1.807, 2.05) is 61.5 Å². The molecule has 0 heterocycles. The lowest BCUT2D eigenvalue weighted by atomic mass is 10.0. The zero-order valence-corrected chi connectivity index (χ0v) is 14.4. The summed E-state index contributed by atoms with van der Waals surface area (Å²) in [7, 11) is 0. The van der Waals surface area contributed by atoms with Gasteiger partial charge in [-0.2, -0.15) is 0 Å². The maximum atomic E-state index is 12.0. The smallest absolute Gasteiger partial charge is 0.193 e. The molecule has 0 saturated heterocycles. The number of carbonyl (C=O) groups excluding carboxylic acids is 2. The number of Topliss-reactive ketones (excluding diaryl/α,β-unsaturated/α-hetero) is 1. The van der Waals surface area contributed by atoms with Crippen molar-refractivity contribution < 1.29 is 9.59 Å². The monoisotopic (exact) mass is 331 g/mol. The first-order valence-electron chi connectivity index (χ1n) is 8.00. The van der Waals surface area contributed by atoms with Gasteiger partial charge in [-0.1, -0.05) is 60.2 Å². The lowest BCUT2D eigenvalue weighted by Gasteiger charge is -2.00. The first-order chi connectivity index (χ1) is 12.0. The fourth-order valence-electron chi connectivity index (χ4n) is 2.18. The van der Waals surface area contributed by atoms with E-state index in [9.17, 15) is 9.59 Å². The third-order valence-corrected chi connectivity index (χ3v) is 3.67. The molecule has 3 aromatic carbocycles. The van der Waals surface area contributed by atoms with E-state index in [2.05, 4.69) is 0 Å². The molecule has 0 unspecified atom stereocenters. The first-order valence-corrected chi connectivity index (χ1v) is 8.00. The molecule has 0 radical (unpaired) electrons. The molecule has 0 bridgehead atoms. The van der Waals surface area contributed by atoms with Crippen LogP contribution in [0.2, 0.25) is 0 Å². The number of hydrogen-bond acceptors (Lipinski definition) is 3. The van der Waals surface area contributed by atoms with Crippen LogP contribution < -0.4 is 5.73 Å². The van der Waals surface area contributed by atoms with Crippen molar-refractivity contribution in [3.8, 4) is 0 Å². The van der Waals surface area contributed by atoms with Gasteiger partial charge in [0.1, 0.15) is 0 Å². The highest BCUT2D eigenvalue weighted by Gasteiger charge is 2.06. The predicted octanol–water partition coefficient (Wildman–Crippen LogP) is 4.70. The SMILES string of the molecule is CC(=O)c1ccc(N)cc1.Cc1ccc(C(=O)c2ccccc2)cc1. The van der Waals surface area contributed by atoms with Crippen molar-refractivity contribution in [2.75, 3.05) is 5.73 Å². The van der Waals surface area contributed by atoms with Gasteiger partial charge in [0, 0.05) is 22.4 Å². The van der Waals surface area contributed by atoms with E-state index in [1.54, 1.807) is 24.3 Å². The van der Waals surface area contributed by atoms with E-state index < -0.39 is 0 Å². The van der Waals surface area contributed by atoms with Gasteiger partial charge in [0.25, 0.3) is 0 Å². The van der Waals surface area contributed by atoms with E-state index in [0.717, 1.165) is 11.1 Å². The standard InChI is InChI=1S/C14H12O.C8H9NO/c1-11-7-9-13(10-8-11)14(15)12-5-3-2-4-6-12;1-6(10)7-2-4-8(9)5-3-7/h2-10H,1H3;2-5H,9H2,1H3. The number of benzene rings is 3. The van der Waals surface area contributed by atoms with Gasteiger partial charge >= 0.3 is 0 Å². The minimum Gasteiger partial charge on any atom is -0.399 e. The number of aryl methyl sites for hydroxylation is 1. The summed E-state index contributed by atoms with van der Waals surface area (Å²) in [4.78, 5) is 22.7. The quantitative estimate of drug-likeness (QED) is 0.559. The zero-order chi connectivity index (χ0) is 18.2. The summed E-state index contributed by atoms with van der Waals surface area (Å²) < 4.78 is 0. The van der Waals surface area contributed by atoms with E-state index in [-0.39, 0.29) is 11.6 Å². The largest absolute Gasteiger partial charge is 0.399 e. The molecule has 3 aromatic rings. The number of nitrogen functional groups attached to an aromatic ring is 1. The van der Waals surface area contributed by atoms with Crippen molar-refractivity contribution in [2.45, 2.75) is 13.8 Å². The minimum absolute atomic E-state index is 0.0694. The molecule has 2 N–H and O–H groups in total. The third kappa shape index (κ3) is 5.43. The van der Waals surface area contributed by atoms with Gasteiger partial charge in [-0.3, -0.25) is 9.59 Å². The Labute approximate surface area is 148 Å². The number of nitrogens with two attached hydrogens (primary N) is 1. The molecule has 126 valence electrons. The number of carbonyl (C=O) groups is 2. The molecule has 0 aliphatic carbocycles. The topological polar surface area (TPSA) is 60.2 Å². The van der Waals surface area contributed by atoms with Crippen LogP contribution in [0.15, 0.2) is 78.9 Å². The van der Waals surface area contributed by atoms with E-state index >= 15 is 0 Å². The van der Waals surface area contributed by atoms with Gasteiger partial charge in [-0.05, 0) is 38.1 Å². The number of ketones is 2. The number of hydrogen-bond donors (Lipinski definition) is 1. The van der Waals surface area contributed by atoms with E-state index in [4.69, 9.17) is 5.73 Å². The van der Waals surface area contributed by atoms with Gasteiger partial charge < -0.3 is 5.73 Å². The van der Waals surface area contributed by atoms with Gasteiger partial charge in [0.05, 0.1) is 0 Å². The second-order valence-electron chi connectivity index (χ2n) is 5.74. The maximum Gasteiger partial charge on any atom is 0.193 e. The second-order valence-corrected chi connectivity index (χ2v) is 5.74. The summed E-state index contributed by atoms with van der Waals surface area (Å²) >= 11 is 0. The Balaban J connectivity index is 0.000000196. The summed E-state index contributed by atoms with van der Waals surface area (Å²) in [6.45, 7) is 3.54. The van der Waals surface area contributed by atoms with Crippen LogP contribution in [0.3, 0.4) is 0 Å². The van der Waals surface area contributed by atoms with Gasteiger partial charge in [-0.25, -0.2) is 0 Å². The normalized spacial score (nSPS) is 9.68. The first kappa shape index (κ1) is 18.1. The molecule has 0 aliphatic rings. The van der Waals surface area contributed by atoms with Crippen molar-refractivity contribution in [3.05, 3.63) is 101 Å². The van der Waals surface area contributed by atoms with Crippen LogP contribution in [0.1, 0.15) is 38.8 Å². The highest BCUT2D eigenvalue weighted by molar-refractivity contribution is 6.08. The Bertz CT molecular complexity index is 835. The van der Waals surface area contributed by atoms with Crippen molar-refractivity contribution in [1.29, 1.82) is 0 Å². The zero-order valence-electron chi connectivity index (χ0n) is 14.4. The molecular weight excluding hydrogens is 310 g/mol. The highest BCUT2D eigenvalue weighted by atomic mass is 16.1. The average Bonchev–Trinajstić information content (AvgIpc) is 2.63. The van der Waals surface area contributed by atoms with Gasteiger partial charge in [0.2, 0.25) is 0 Å². The summed E-state index contributed by atoms with van der Waals surface area (Å²) in [5, 5.41) is 0. The summed E-state index contributed by atoms with van der Waals surface area (Å²) in [5.41, 5.74) is 9.45. The molecule has 0 aliphatic heterocycles. The van der Waals surface area contributed by atoms with Crippen molar-refractivity contribution in [1.82, 2.24) is 0 Å². The minimum atomic E-state index is 0.0694. The van der Waals surface area contributed by atoms with Crippen LogP contribution >= 0.6 is 0 Å². The highest BCUT2D eigenvalue weighted by Crippen LogP contribution is 2.10. The molecule has 3 heteroatoms. The Hall–Kier alpha value is -3.20. The summed E-state index contributed by atoms with van der Waals surface area (Å²) in [6, 6.07) is 23.9. The lowest BCUT2D eigenvalue weighted by Crippen LogP contribution is -2.00. The molecular formula is C22H21NO2. The van der Waals surface area contributed by atoms with Gasteiger partial charge in [0.15, 0.2) is 11.6 Å². The van der Waals surface area contributed by atoms with Crippen LogP contribution in [0.4, 0.5) is 5.69 Å². The Morgan fingerprint density at radius 2 is 1.16 bits per heavy atom. The van der Waals surface area contributed by atoms with Crippen LogP contribution in [-0.4, -0.2) is 11.6 Å². The fourth-order valence-corrected chi connectivity index (χ4v) is 2.18. The molecule has 3 nitrogen and oxygen atoms in total. The van der Waals surface area contributed by atoms with E-state index in [1.165, 1.54) is 12.5 Å². The molecule has 0 aromatic heterocycles. The second kappa shape index (κ2) is 8.60. The van der Waals surface area contributed by atoms with Gasteiger partial charge in [-0.15, -0.1) is 0 Å². The number of anilines is 1. The Morgan fingerprint density at radius 3 is 1.68 bits per heavy atom. The molecule has 0 amide bonds.